The standard InChI is InChI=1S/C26H32F3NO2/c1-15(2)8-11-21-19-10-9-18(26(27,28)29)14-20(19)25(3,4)22-12-16-6-5-7-17(13-23(31)32)24(16)30(21)22/h9-10,12,14-15,17,21H,5-8,11,13H2,1-4H3,(H,31,32)/t17-,21+/m1/s1. The van der Waals surface area contributed by atoms with E-state index in [4.69, 9.17) is 0 Å². The fourth-order valence-corrected chi connectivity index (χ4v) is 5.77. The van der Waals surface area contributed by atoms with E-state index >= 15 is 0 Å². The lowest BCUT2D eigenvalue weighted by Crippen LogP contribution is -2.35. The van der Waals surface area contributed by atoms with Gasteiger partial charge < -0.3 is 9.67 Å². The van der Waals surface area contributed by atoms with E-state index in [2.05, 4.69) is 24.5 Å². The van der Waals surface area contributed by atoms with E-state index in [1.165, 1.54) is 17.7 Å². The van der Waals surface area contributed by atoms with Gasteiger partial charge in [-0.05, 0) is 72.9 Å². The first kappa shape index (κ1) is 22.9. The predicted molar refractivity (Wildman–Crippen MR) is 118 cm³/mol. The largest absolute Gasteiger partial charge is 0.481 e. The van der Waals surface area contributed by atoms with E-state index in [9.17, 15) is 23.1 Å². The normalized spacial score (nSPS) is 21.8. The summed E-state index contributed by atoms with van der Waals surface area (Å²) >= 11 is 0. The molecule has 0 bridgehead atoms. The first-order valence-corrected chi connectivity index (χ1v) is 11.6. The van der Waals surface area contributed by atoms with Crippen LogP contribution in [-0.4, -0.2) is 15.6 Å². The highest BCUT2D eigenvalue weighted by atomic mass is 19.4. The number of fused-ring (bicyclic) bond motifs is 4. The minimum Gasteiger partial charge on any atom is -0.481 e. The molecule has 4 rings (SSSR count). The van der Waals surface area contributed by atoms with Crippen LogP contribution in [0.5, 0.6) is 0 Å². The van der Waals surface area contributed by atoms with Crippen molar-refractivity contribution in [3.05, 3.63) is 57.9 Å². The van der Waals surface area contributed by atoms with Gasteiger partial charge in [0.15, 0.2) is 0 Å². The van der Waals surface area contributed by atoms with Crippen LogP contribution in [0, 0.1) is 5.92 Å². The number of carboxylic acids is 1. The highest BCUT2D eigenvalue weighted by Gasteiger charge is 2.43. The van der Waals surface area contributed by atoms with Gasteiger partial charge in [0.1, 0.15) is 0 Å². The van der Waals surface area contributed by atoms with Gasteiger partial charge in [-0.25, -0.2) is 0 Å². The number of hydrogen-bond donors (Lipinski definition) is 1. The third-order valence-corrected chi connectivity index (χ3v) is 7.35. The Bertz CT molecular complexity index is 1030. The molecule has 2 aromatic rings. The highest BCUT2D eigenvalue weighted by Crippen LogP contribution is 2.51. The Morgan fingerprint density at radius 1 is 1.25 bits per heavy atom. The number of carbonyl (C=O) groups is 1. The monoisotopic (exact) mass is 447 g/mol. The van der Waals surface area contributed by atoms with E-state index in [1.807, 2.05) is 13.8 Å². The van der Waals surface area contributed by atoms with E-state index in [0.717, 1.165) is 54.6 Å². The van der Waals surface area contributed by atoms with Crippen LogP contribution in [0.25, 0.3) is 0 Å². The second kappa shape index (κ2) is 7.96. The van der Waals surface area contributed by atoms with Crippen molar-refractivity contribution in [2.24, 2.45) is 5.92 Å². The number of halogens is 3. The van der Waals surface area contributed by atoms with Gasteiger partial charge in [0.2, 0.25) is 0 Å². The smallest absolute Gasteiger partial charge is 0.416 e. The summed E-state index contributed by atoms with van der Waals surface area (Å²) in [6.07, 6.45) is 0.137. The van der Waals surface area contributed by atoms with E-state index in [0.29, 0.717) is 5.92 Å². The van der Waals surface area contributed by atoms with Gasteiger partial charge in [0.05, 0.1) is 18.0 Å². The Labute approximate surface area is 187 Å². The van der Waals surface area contributed by atoms with E-state index < -0.39 is 23.1 Å². The Morgan fingerprint density at radius 2 is 1.97 bits per heavy atom. The molecular formula is C26H32F3NO2. The van der Waals surface area contributed by atoms with Crippen LogP contribution in [-0.2, 0) is 22.8 Å². The van der Waals surface area contributed by atoms with Gasteiger partial charge >= 0.3 is 12.1 Å². The molecule has 2 aliphatic rings. The molecule has 2 atom stereocenters. The van der Waals surface area contributed by atoms with Crippen LogP contribution in [0.2, 0.25) is 0 Å². The predicted octanol–water partition coefficient (Wildman–Crippen LogP) is 7.07. The summed E-state index contributed by atoms with van der Waals surface area (Å²) in [6.45, 7) is 8.29. The summed E-state index contributed by atoms with van der Waals surface area (Å²) in [5.74, 6) is -0.395. The van der Waals surface area contributed by atoms with Gasteiger partial charge in [0.25, 0.3) is 0 Å². The molecule has 6 heteroatoms. The molecule has 1 aromatic heterocycles. The van der Waals surface area contributed by atoms with Gasteiger partial charge in [-0.15, -0.1) is 0 Å². The summed E-state index contributed by atoms with van der Waals surface area (Å²) in [5, 5.41) is 9.53. The molecular weight excluding hydrogens is 415 g/mol. The van der Waals surface area contributed by atoms with Crippen molar-refractivity contribution in [2.45, 2.75) is 89.8 Å². The lowest BCUT2D eigenvalue weighted by molar-refractivity contribution is -0.138. The Morgan fingerprint density at radius 3 is 2.59 bits per heavy atom. The van der Waals surface area contributed by atoms with E-state index in [1.54, 1.807) is 6.07 Å². The third kappa shape index (κ3) is 3.86. The molecule has 174 valence electrons. The molecule has 3 nitrogen and oxygen atoms in total. The molecule has 2 heterocycles. The third-order valence-electron chi connectivity index (χ3n) is 7.35. The van der Waals surface area contributed by atoms with Crippen LogP contribution in [0.15, 0.2) is 24.3 Å². The average molecular weight is 448 g/mol. The molecule has 0 saturated carbocycles. The number of hydrogen-bond acceptors (Lipinski definition) is 1. The van der Waals surface area contributed by atoms with Gasteiger partial charge in [-0.1, -0.05) is 33.8 Å². The number of aryl methyl sites for hydroxylation is 1. The minimum absolute atomic E-state index is 0.0571. The Kier molecular flexibility index (Phi) is 5.71. The fourth-order valence-electron chi connectivity index (χ4n) is 5.77. The van der Waals surface area contributed by atoms with Gasteiger partial charge in [-0.3, -0.25) is 4.79 Å². The van der Waals surface area contributed by atoms with Crippen molar-refractivity contribution >= 4 is 5.97 Å². The number of aliphatic carboxylic acids is 1. The van der Waals surface area contributed by atoms with Crippen molar-refractivity contribution in [1.29, 1.82) is 0 Å². The van der Waals surface area contributed by atoms with Crippen molar-refractivity contribution < 1.29 is 23.1 Å². The first-order chi connectivity index (χ1) is 14.9. The lowest BCUT2D eigenvalue weighted by atomic mass is 9.73. The number of aromatic nitrogens is 1. The Balaban J connectivity index is 1.93. The highest BCUT2D eigenvalue weighted by molar-refractivity contribution is 5.68. The van der Waals surface area contributed by atoms with Crippen LogP contribution >= 0.6 is 0 Å². The zero-order chi connectivity index (χ0) is 23.4. The van der Waals surface area contributed by atoms with Gasteiger partial charge in [0, 0.05) is 22.7 Å². The van der Waals surface area contributed by atoms with Crippen LogP contribution in [0.1, 0.15) is 105 Å². The number of alkyl halides is 3. The number of rotatable bonds is 5. The average Bonchev–Trinajstić information content (AvgIpc) is 3.08. The zero-order valence-corrected chi connectivity index (χ0v) is 19.2. The first-order valence-electron chi connectivity index (χ1n) is 11.6. The molecule has 1 aliphatic heterocycles. The van der Waals surface area contributed by atoms with Crippen molar-refractivity contribution in [1.82, 2.24) is 4.57 Å². The zero-order valence-electron chi connectivity index (χ0n) is 19.2. The molecule has 0 amide bonds. The van der Waals surface area contributed by atoms with Gasteiger partial charge in [-0.2, -0.15) is 13.2 Å². The minimum atomic E-state index is -4.39. The van der Waals surface area contributed by atoms with Crippen molar-refractivity contribution in [3.8, 4) is 0 Å². The molecule has 0 unspecified atom stereocenters. The fraction of sp³-hybridized carbons (Fsp3) is 0.577. The maximum Gasteiger partial charge on any atom is 0.416 e. The van der Waals surface area contributed by atoms with Crippen LogP contribution in [0.3, 0.4) is 0 Å². The molecule has 0 radical (unpaired) electrons. The van der Waals surface area contributed by atoms with Crippen molar-refractivity contribution in [2.75, 3.05) is 0 Å². The summed E-state index contributed by atoms with van der Waals surface area (Å²) < 4.78 is 43.0. The SMILES string of the molecule is CC(C)CC[C@H]1c2ccc(C(F)(F)F)cc2C(C)(C)c2cc3c(n21)[C@@H](CC(=O)O)CCC3. The Hall–Kier alpha value is -2.24. The second-order valence-corrected chi connectivity index (χ2v) is 10.4. The summed E-state index contributed by atoms with van der Waals surface area (Å²) in [6, 6.07) is 6.27. The lowest BCUT2D eigenvalue weighted by Gasteiger charge is -2.42. The van der Waals surface area contributed by atoms with E-state index in [-0.39, 0.29) is 18.4 Å². The summed E-state index contributed by atoms with van der Waals surface area (Å²) in [5.41, 5.74) is 3.74. The summed E-state index contributed by atoms with van der Waals surface area (Å²) in [7, 11) is 0. The second-order valence-electron chi connectivity index (χ2n) is 10.4. The molecule has 0 saturated heterocycles. The maximum atomic E-state index is 13.6. The molecule has 32 heavy (non-hydrogen) atoms. The van der Waals surface area contributed by atoms with Crippen molar-refractivity contribution in [3.63, 3.8) is 0 Å². The number of carboxylic acid groups (broad SMARTS) is 1. The molecule has 1 aromatic carbocycles. The molecule has 1 aliphatic carbocycles. The quantitative estimate of drug-likeness (QED) is 0.533. The molecule has 0 fully saturated rings. The van der Waals surface area contributed by atoms with Crippen LogP contribution < -0.4 is 0 Å². The number of nitrogens with zero attached hydrogens (tertiary/aromatic N) is 1. The van der Waals surface area contributed by atoms with Crippen LogP contribution in [0.4, 0.5) is 13.2 Å². The topological polar surface area (TPSA) is 42.2 Å². The summed E-state index contributed by atoms with van der Waals surface area (Å²) in [4.78, 5) is 11.6. The molecule has 1 N–H and O–H groups in total. The molecule has 0 spiro atoms. The maximum absolute atomic E-state index is 13.6. The number of benzene rings is 1.